The number of hydrogen-bond acceptors (Lipinski definition) is 6. The number of thioether (sulfide) groups is 1. The van der Waals surface area contributed by atoms with Crippen LogP contribution in [0.1, 0.15) is 11.5 Å². The van der Waals surface area contributed by atoms with E-state index in [0.717, 1.165) is 4.47 Å². The summed E-state index contributed by atoms with van der Waals surface area (Å²) in [4.78, 5) is 16.9. The number of fused-ring (bicyclic) bond motifs is 1. The number of para-hydroxylation sites is 1. The maximum Gasteiger partial charge on any atom is 0.258 e. The van der Waals surface area contributed by atoms with Crippen LogP contribution in [0.2, 0.25) is 0 Å². The molecule has 0 aliphatic carbocycles. The van der Waals surface area contributed by atoms with Gasteiger partial charge in [-0.25, -0.2) is 9.37 Å². The van der Waals surface area contributed by atoms with E-state index in [1.165, 1.54) is 28.3 Å². The number of hydrogen-bond donors (Lipinski definition) is 0. The minimum atomic E-state index is -0.437. The van der Waals surface area contributed by atoms with Crippen molar-refractivity contribution in [3.63, 3.8) is 0 Å². The number of pyridine rings is 1. The van der Waals surface area contributed by atoms with Crippen molar-refractivity contribution in [2.24, 2.45) is 0 Å². The van der Waals surface area contributed by atoms with Gasteiger partial charge in [0.2, 0.25) is 0 Å². The minimum Gasteiger partial charge on any atom is -0.483 e. The van der Waals surface area contributed by atoms with Crippen molar-refractivity contribution in [2.45, 2.75) is 24.1 Å². The first-order valence-corrected chi connectivity index (χ1v) is 11.0. The average molecular weight is 502 g/mol. The van der Waals surface area contributed by atoms with Crippen LogP contribution in [0.4, 0.5) is 4.39 Å². The summed E-state index contributed by atoms with van der Waals surface area (Å²) in [6.45, 7) is 4.30. The van der Waals surface area contributed by atoms with Crippen LogP contribution in [0.25, 0.3) is 5.65 Å². The molecule has 0 radical (unpaired) electrons. The van der Waals surface area contributed by atoms with Gasteiger partial charge in [-0.2, -0.15) is 0 Å². The van der Waals surface area contributed by atoms with Gasteiger partial charge in [0.15, 0.2) is 22.5 Å². The molecule has 0 fully saturated rings. The summed E-state index contributed by atoms with van der Waals surface area (Å²) in [6.07, 6.45) is 3.41. The van der Waals surface area contributed by atoms with E-state index in [-0.39, 0.29) is 17.9 Å². The number of halogens is 2. The van der Waals surface area contributed by atoms with E-state index in [2.05, 4.69) is 37.7 Å². The lowest BCUT2D eigenvalue weighted by Crippen LogP contribution is -2.15. The van der Waals surface area contributed by atoms with Gasteiger partial charge in [0.05, 0.1) is 5.69 Å². The Labute approximate surface area is 189 Å². The van der Waals surface area contributed by atoms with E-state index in [1.807, 2.05) is 10.6 Å². The summed E-state index contributed by atoms with van der Waals surface area (Å²) in [6, 6.07) is 11.3. The van der Waals surface area contributed by atoms with Crippen LogP contribution in [0.15, 0.2) is 75.7 Å². The molecule has 0 bridgehead atoms. The van der Waals surface area contributed by atoms with Gasteiger partial charge in [-0.05, 0) is 40.2 Å². The molecule has 31 heavy (non-hydrogen) atoms. The first-order valence-electron chi connectivity index (χ1n) is 9.26. The monoisotopic (exact) mass is 501 g/mol. The van der Waals surface area contributed by atoms with Crippen molar-refractivity contribution < 1.29 is 9.13 Å². The Bertz CT molecular complexity index is 1310. The second kappa shape index (κ2) is 9.44. The molecule has 4 rings (SSSR count). The molecule has 1 aromatic carbocycles. The lowest BCUT2D eigenvalue weighted by molar-refractivity contribution is 0.275. The van der Waals surface area contributed by atoms with Crippen molar-refractivity contribution >= 4 is 33.3 Å². The number of aromatic nitrogens is 5. The molecule has 0 unspecified atom stereocenters. The number of benzene rings is 1. The Kier molecular flexibility index (Phi) is 6.47. The molecule has 0 atom stereocenters. The van der Waals surface area contributed by atoms with Crippen molar-refractivity contribution in [1.29, 1.82) is 0 Å². The van der Waals surface area contributed by atoms with E-state index < -0.39 is 5.82 Å². The van der Waals surface area contributed by atoms with E-state index >= 15 is 0 Å². The third-order valence-electron chi connectivity index (χ3n) is 4.32. The Morgan fingerprint density at radius 3 is 2.87 bits per heavy atom. The fraction of sp³-hybridized carbons (Fsp3) is 0.143. The zero-order valence-electron chi connectivity index (χ0n) is 16.2. The topological polar surface area (TPSA) is 74.3 Å². The third-order valence-corrected chi connectivity index (χ3v) is 5.79. The Morgan fingerprint density at radius 1 is 1.23 bits per heavy atom. The number of ether oxygens (including phenoxy) is 1. The quantitative estimate of drug-likeness (QED) is 0.265. The first-order chi connectivity index (χ1) is 15.0. The lowest BCUT2D eigenvalue weighted by atomic mass is 10.3. The van der Waals surface area contributed by atoms with E-state index in [1.54, 1.807) is 36.5 Å². The molecule has 0 spiro atoms. The predicted molar refractivity (Wildman–Crippen MR) is 120 cm³/mol. The summed E-state index contributed by atoms with van der Waals surface area (Å²) >= 11 is 4.75. The SMILES string of the molecule is C=CCn1c(COc2ccccc2F)nnc1SCc1cc(=O)n2cc(Br)ccc2n1. The van der Waals surface area contributed by atoms with E-state index in [0.29, 0.717) is 34.6 Å². The normalized spacial score (nSPS) is 11.0. The molecule has 0 saturated carbocycles. The smallest absolute Gasteiger partial charge is 0.258 e. The minimum absolute atomic E-state index is 0.0623. The fourth-order valence-corrected chi connectivity index (χ4v) is 4.08. The molecule has 4 aromatic rings. The van der Waals surface area contributed by atoms with Crippen LogP contribution in [0.5, 0.6) is 5.75 Å². The second-order valence-corrected chi connectivity index (χ2v) is 8.33. The van der Waals surface area contributed by atoms with Crippen molar-refractivity contribution in [2.75, 3.05) is 0 Å². The van der Waals surface area contributed by atoms with E-state index in [9.17, 15) is 9.18 Å². The molecular formula is C21H17BrFN5O2S. The highest BCUT2D eigenvalue weighted by Crippen LogP contribution is 2.23. The highest BCUT2D eigenvalue weighted by Gasteiger charge is 2.14. The maximum atomic E-state index is 13.8. The van der Waals surface area contributed by atoms with Gasteiger partial charge in [0.1, 0.15) is 12.3 Å². The van der Waals surface area contributed by atoms with Gasteiger partial charge in [0.25, 0.3) is 5.56 Å². The Balaban J connectivity index is 1.51. The van der Waals surface area contributed by atoms with Gasteiger partial charge >= 0.3 is 0 Å². The summed E-state index contributed by atoms with van der Waals surface area (Å²) in [5, 5.41) is 9.02. The molecule has 3 heterocycles. The van der Waals surface area contributed by atoms with Crippen LogP contribution in [-0.2, 0) is 18.9 Å². The van der Waals surface area contributed by atoms with Gasteiger partial charge < -0.3 is 4.74 Å². The number of rotatable bonds is 8. The first kappa shape index (κ1) is 21.3. The molecule has 0 N–H and O–H groups in total. The Hall–Kier alpha value is -2.98. The Morgan fingerprint density at radius 2 is 2.06 bits per heavy atom. The van der Waals surface area contributed by atoms with Crippen LogP contribution in [0, 0.1) is 5.82 Å². The summed E-state index contributed by atoms with van der Waals surface area (Å²) < 4.78 is 23.5. The average Bonchev–Trinajstić information content (AvgIpc) is 3.14. The molecule has 0 aliphatic rings. The fourth-order valence-electron chi connectivity index (χ4n) is 2.89. The van der Waals surface area contributed by atoms with Gasteiger partial charge in [-0.15, -0.1) is 16.8 Å². The molecular weight excluding hydrogens is 485 g/mol. The molecule has 10 heteroatoms. The molecule has 7 nitrogen and oxygen atoms in total. The second-order valence-electron chi connectivity index (χ2n) is 6.47. The predicted octanol–water partition coefficient (Wildman–Crippen LogP) is 4.24. The maximum absolute atomic E-state index is 13.8. The van der Waals surface area contributed by atoms with Crippen LogP contribution in [0.3, 0.4) is 0 Å². The lowest BCUT2D eigenvalue weighted by Gasteiger charge is -2.09. The largest absolute Gasteiger partial charge is 0.483 e. The zero-order chi connectivity index (χ0) is 21.8. The molecule has 0 amide bonds. The number of allylic oxidation sites excluding steroid dienone is 1. The highest BCUT2D eigenvalue weighted by atomic mass is 79.9. The summed E-state index contributed by atoms with van der Waals surface area (Å²) in [5.41, 5.74) is 1.04. The standard InChI is InChI=1S/C21H17BrFN5O2S/c1-2-9-27-19(12-30-17-6-4-3-5-16(17)23)25-26-21(27)31-13-15-10-20(29)28-11-14(22)7-8-18(28)24-15/h2-8,10-11H,1,9,12-13H2. The van der Waals surface area contributed by atoms with Crippen LogP contribution in [-0.4, -0.2) is 24.1 Å². The highest BCUT2D eigenvalue weighted by molar-refractivity contribution is 9.10. The van der Waals surface area contributed by atoms with Crippen molar-refractivity contribution in [1.82, 2.24) is 24.1 Å². The van der Waals surface area contributed by atoms with Crippen LogP contribution >= 0.6 is 27.7 Å². The molecule has 158 valence electrons. The molecule has 3 aromatic heterocycles. The van der Waals surface area contributed by atoms with Crippen molar-refractivity contribution in [3.8, 4) is 5.75 Å². The molecule has 0 saturated heterocycles. The van der Waals surface area contributed by atoms with E-state index in [4.69, 9.17) is 4.74 Å². The number of nitrogens with zero attached hydrogens (tertiary/aromatic N) is 5. The zero-order valence-corrected chi connectivity index (χ0v) is 18.6. The van der Waals surface area contributed by atoms with Gasteiger partial charge in [-0.1, -0.05) is 30.0 Å². The third kappa shape index (κ3) is 4.86. The van der Waals surface area contributed by atoms with Crippen molar-refractivity contribution in [3.05, 3.63) is 93.5 Å². The summed E-state index contributed by atoms with van der Waals surface area (Å²) in [5.74, 6) is 0.692. The molecule has 0 aliphatic heterocycles. The summed E-state index contributed by atoms with van der Waals surface area (Å²) in [7, 11) is 0. The van der Waals surface area contributed by atoms with Crippen LogP contribution < -0.4 is 10.3 Å². The van der Waals surface area contributed by atoms with Gasteiger partial charge in [-0.3, -0.25) is 13.8 Å². The van der Waals surface area contributed by atoms with Gasteiger partial charge in [0, 0.05) is 29.0 Å².